The van der Waals surface area contributed by atoms with Gasteiger partial charge in [-0.1, -0.05) is 217 Å². The van der Waals surface area contributed by atoms with E-state index in [1.807, 2.05) is 0 Å². The van der Waals surface area contributed by atoms with Crippen LogP contribution in [0.5, 0.6) is 0 Å². The molecule has 0 aliphatic rings. The Balaban J connectivity index is 1.01. The molecule has 0 saturated heterocycles. The zero-order valence-corrected chi connectivity index (χ0v) is 43.0. The number of anilines is 3. The largest absolute Gasteiger partial charge is 0.310 e. The van der Waals surface area contributed by atoms with Gasteiger partial charge in [-0.05, 0) is 155 Å². The molecule has 0 fully saturated rings. The molecule has 0 aliphatic carbocycles. The van der Waals surface area contributed by atoms with Gasteiger partial charge in [0.25, 0.3) is 0 Å². The molecule has 0 N–H and O–H groups in total. The molecule has 0 unspecified atom stereocenters. The van der Waals surface area contributed by atoms with E-state index in [4.69, 9.17) is 0 Å². The van der Waals surface area contributed by atoms with Gasteiger partial charge in [0.2, 0.25) is 0 Å². The zero-order valence-electron chi connectivity index (χ0n) is 43.0. The van der Waals surface area contributed by atoms with Crippen molar-refractivity contribution in [1.82, 2.24) is 4.57 Å². The molecule has 2 nitrogen and oxygen atoms in total. The Morgan fingerprint density at radius 3 is 1.39 bits per heavy atom. The molecule has 12 aromatic carbocycles. The SMILES string of the molecule is CC(C)(C)c1ccc2c(c1)c1cc(C(C)(C)C)ccc1n2-c1ccc2ccc3c(N(c4ccc(-c5ccccc5-c5ccccc5)cc4)c4cccc(-c5cccc(-c6ccccc6)c5)c4)ccc4ccc1c2c43. The first kappa shape index (κ1) is 45.2. The second-order valence-electron chi connectivity index (χ2n) is 22.2. The quantitative estimate of drug-likeness (QED) is 0.138. The Morgan fingerprint density at radius 1 is 0.311 bits per heavy atom. The third-order valence-electron chi connectivity index (χ3n) is 15.5. The summed E-state index contributed by atoms with van der Waals surface area (Å²) in [6.45, 7) is 13.9. The number of hydrogen-bond donors (Lipinski definition) is 0. The van der Waals surface area contributed by atoms with Crippen LogP contribution in [0.25, 0.3) is 104 Å². The fourth-order valence-corrected chi connectivity index (χ4v) is 11.5. The Hall–Kier alpha value is -8.72. The summed E-state index contributed by atoms with van der Waals surface area (Å²) in [5.74, 6) is 0. The van der Waals surface area contributed by atoms with Gasteiger partial charge >= 0.3 is 0 Å². The summed E-state index contributed by atoms with van der Waals surface area (Å²) in [4.78, 5) is 2.47. The van der Waals surface area contributed by atoms with Crippen molar-refractivity contribution < 1.29 is 0 Å². The molecule has 13 rings (SSSR count). The van der Waals surface area contributed by atoms with E-state index in [9.17, 15) is 0 Å². The van der Waals surface area contributed by atoms with E-state index in [1.165, 1.54) is 110 Å². The molecule has 1 aromatic heterocycles. The van der Waals surface area contributed by atoms with E-state index in [0.29, 0.717) is 0 Å². The average molecular weight is 951 g/mol. The average Bonchev–Trinajstić information content (AvgIpc) is 3.76. The van der Waals surface area contributed by atoms with Crippen LogP contribution in [0, 0.1) is 0 Å². The van der Waals surface area contributed by atoms with Crippen molar-refractivity contribution in [3.05, 3.63) is 254 Å². The van der Waals surface area contributed by atoms with Crippen molar-refractivity contribution in [3.63, 3.8) is 0 Å². The lowest BCUT2D eigenvalue weighted by Crippen LogP contribution is -2.11. The minimum Gasteiger partial charge on any atom is -0.310 e. The zero-order chi connectivity index (χ0) is 50.3. The predicted octanol–water partition coefficient (Wildman–Crippen LogP) is 20.4. The standard InChI is InChI=1S/C72H58N2/c1-71(2,3)55-33-41-67-63(45-55)64-46-56(72(4,5)6)34-42-68(64)74(67)66-40-32-51-29-37-61-65(39-31-50-30-38-62(66)70(51)69(50)61)73(57-35-27-49(28-36-57)60-26-14-13-25-59(60)48-19-11-8-12-20-48)58-24-16-23-54(44-58)53-22-15-21-52(43-53)47-17-9-7-10-18-47/h7-46H,1-6H3. The molecule has 0 radical (unpaired) electrons. The van der Waals surface area contributed by atoms with Gasteiger partial charge in [-0.2, -0.15) is 0 Å². The van der Waals surface area contributed by atoms with Gasteiger partial charge in [0, 0.05) is 32.9 Å². The van der Waals surface area contributed by atoms with E-state index < -0.39 is 0 Å². The predicted molar refractivity (Wildman–Crippen MR) is 318 cm³/mol. The van der Waals surface area contributed by atoms with Crippen molar-refractivity contribution in [2.24, 2.45) is 0 Å². The molecule has 0 saturated carbocycles. The van der Waals surface area contributed by atoms with Crippen LogP contribution >= 0.6 is 0 Å². The summed E-state index contributed by atoms with van der Waals surface area (Å²) in [7, 11) is 0. The van der Waals surface area contributed by atoms with Crippen molar-refractivity contribution in [2.75, 3.05) is 4.90 Å². The summed E-state index contributed by atoms with van der Waals surface area (Å²) in [5, 5.41) is 10.1. The van der Waals surface area contributed by atoms with Gasteiger partial charge in [0.15, 0.2) is 0 Å². The first-order valence-corrected chi connectivity index (χ1v) is 26.1. The lowest BCUT2D eigenvalue weighted by atomic mass is 9.85. The van der Waals surface area contributed by atoms with Crippen LogP contribution in [0.1, 0.15) is 52.7 Å². The topological polar surface area (TPSA) is 8.17 Å². The Kier molecular flexibility index (Phi) is 10.7. The molecule has 0 spiro atoms. The van der Waals surface area contributed by atoms with Crippen LogP contribution in [-0.4, -0.2) is 4.57 Å². The lowest BCUT2D eigenvalue weighted by Gasteiger charge is -2.28. The minimum absolute atomic E-state index is 0.0213. The van der Waals surface area contributed by atoms with Crippen LogP contribution in [-0.2, 0) is 10.8 Å². The van der Waals surface area contributed by atoms with E-state index >= 15 is 0 Å². The highest BCUT2D eigenvalue weighted by molar-refractivity contribution is 6.27. The van der Waals surface area contributed by atoms with Gasteiger partial charge in [-0.3, -0.25) is 0 Å². The van der Waals surface area contributed by atoms with Gasteiger partial charge in [-0.25, -0.2) is 0 Å². The van der Waals surface area contributed by atoms with Crippen molar-refractivity contribution >= 4 is 71.2 Å². The number of rotatable bonds is 8. The molecule has 13 aromatic rings. The van der Waals surface area contributed by atoms with E-state index in [2.05, 4.69) is 294 Å². The maximum atomic E-state index is 2.53. The molecule has 0 atom stereocenters. The first-order chi connectivity index (χ1) is 36.0. The number of aromatic nitrogens is 1. The third kappa shape index (κ3) is 7.72. The molecule has 356 valence electrons. The number of benzene rings is 12. The van der Waals surface area contributed by atoms with E-state index in [0.717, 1.165) is 22.6 Å². The maximum absolute atomic E-state index is 2.53. The first-order valence-electron chi connectivity index (χ1n) is 26.1. The van der Waals surface area contributed by atoms with Crippen LogP contribution in [0.3, 0.4) is 0 Å². The molecular formula is C72H58N2. The highest BCUT2D eigenvalue weighted by atomic mass is 15.1. The normalized spacial score (nSPS) is 12.2. The smallest absolute Gasteiger partial charge is 0.0541 e. The molecule has 0 bridgehead atoms. The summed E-state index contributed by atoms with van der Waals surface area (Å²) in [5.41, 5.74) is 19.3. The molecule has 2 heteroatoms. The number of nitrogens with zero attached hydrogens (tertiary/aromatic N) is 2. The summed E-state index contributed by atoms with van der Waals surface area (Å²) < 4.78 is 2.53. The van der Waals surface area contributed by atoms with Crippen molar-refractivity contribution in [3.8, 4) is 50.2 Å². The second kappa shape index (κ2) is 17.5. The molecule has 1 heterocycles. The molecule has 0 amide bonds. The monoisotopic (exact) mass is 950 g/mol. The van der Waals surface area contributed by atoms with E-state index in [1.54, 1.807) is 0 Å². The van der Waals surface area contributed by atoms with Gasteiger partial charge in [0.1, 0.15) is 0 Å². The summed E-state index contributed by atoms with van der Waals surface area (Å²) >= 11 is 0. The van der Waals surface area contributed by atoms with E-state index in [-0.39, 0.29) is 10.8 Å². The number of hydrogen-bond acceptors (Lipinski definition) is 1. The van der Waals surface area contributed by atoms with Crippen LogP contribution in [0.15, 0.2) is 243 Å². The Labute approximate surface area is 434 Å². The molecular weight excluding hydrogens is 893 g/mol. The van der Waals surface area contributed by atoms with Crippen LogP contribution < -0.4 is 4.90 Å². The lowest BCUT2D eigenvalue weighted by molar-refractivity contribution is 0.590. The van der Waals surface area contributed by atoms with Crippen LogP contribution in [0.4, 0.5) is 17.1 Å². The van der Waals surface area contributed by atoms with Crippen LogP contribution in [0.2, 0.25) is 0 Å². The van der Waals surface area contributed by atoms with Gasteiger partial charge in [0.05, 0.1) is 22.4 Å². The summed E-state index contributed by atoms with van der Waals surface area (Å²) in [6.07, 6.45) is 0. The third-order valence-corrected chi connectivity index (χ3v) is 15.5. The van der Waals surface area contributed by atoms with Crippen molar-refractivity contribution in [1.29, 1.82) is 0 Å². The summed E-state index contributed by atoms with van der Waals surface area (Å²) in [6, 6.07) is 90.3. The minimum atomic E-state index is 0.0213. The highest BCUT2D eigenvalue weighted by Crippen LogP contribution is 2.47. The van der Waals surface area contributed by atoms with Gasteiger partial charge < -0.3 is 9.47 Å². The highest BCUT2D eigenvalue weighted by Gasteiger charge is 2.24. The van der Waals surface area contributed by atoms with Gasteiger partial charge in [-0.15, -0.1) is 0 Å². The fraction of sp³-hybridized carbons (Fsp3) is 0.111. The fourth-order valence-electron chi connectivity index (χ4n) is 11.5. The maximum Gasteiger partial charge on any atom is 0.0541 e. The van der Waals surface area contributed by atoms with Crippen molar-refractivity contribution in [2.45, 2.75) is 52.4 Å². The Morgan fingerprint density at radius 2 is 0.784 bits per heavy atom. The molecule has 74 heavy (non-hydrogen) atoms. The molecule has 0 aliphatic heterocycles. The Bertz CT molecular complexity index is 4170. The second-order valence-corrected chi connectivity index (χ2v) is 22.2. The number of fused-ring (bicyclic) bond motifs is 3.